The zero-order chi connectivity index (χ0) is 22.2. The van der Waals surface area contributed by atoms with E-state index < -0.39 is 5.97 Å². The maximum absolute atomic E-state index is 11.6. The fourth-order valence-electron chi connectivity index (χ4n) is 3.48. The van der Waals surface area contributed by atoms with Gasteiger partial charge in [0.15, 0.2) is 0 Å². The van der Waals surface area contributed by atoms with Gasteiger partial charge in [-0.3, -0.25) is 0 Å². The van der Waals surface area contributed by atoms with Crippen LogP contribution in [0.25, 0.3) is 6.08 Å². The number of allylic oxidation sites excluding steroid dienone is 3. The Labute approximate surface area is 187 Å². The Morgan fingerprint density at radius 3 is 2.48 bits per heavy atom. The molecule has 1 N–H and O–H groups in total. The fraction of sp³-hybridized carbons (Fsp3) is 0.393. The summed E-state index contributed by atoms with van der Waals surface area (Å²) >= 11 is 0. The predicted molar refractivity (Wildman–Crippen MR) is 130 cm³/mol. The molecule has 0 saturated carbocycles. The van der Waals surface area contributed by atoms with E-state index in [1.807, 2.05) is 30.3 Å². The third-order valence-electron chi connectivity index (χ3n) is 5.22. The minimum atomic E-state index is -0.917. The second-order valence-electron chi connectivity index (χ2n) is 7.81. The Bertz CT molecular complexity index is 821. The first-order chi connectivity index (χ1) is 15.2. The van der Waals surface area contributed by atoms with Crippen LogP contribution in [0, 0.1) is 0 Å². The lowest BCUT2D eigenvalue weighted by Gasteiger charge is -2.14. The van der Waals surface area contributed by atoms with Crippen LogP contribution in [-0.2, 0) is 6.42 Å². The average molecular weight is 421 g/mol. The molecule has 3 nitrogen and oxygen atoms in total. The summed E-state index contributed by atoms with van der Waals surface area (Å²) in [7, 11) is 0. The van der Waals surface area contributed by atoms with Crippen LogP contribution >= 0.6 is 0 Å². The summed E-state index contributed by atoms with van der Waals surface area (Å²) in [5.74, 6) is -0.350. The largest absolute Gasteiger partial charge is 0.492 e. The summed E-state index contributed by atoms with van der Waals surface area (Å²) in [4.78, 5) is 11.6. The van der Waals surface area contributed by atoms with Gasteiger partial charge in [0.2, 0.25) is 0 Å². The van der Waals surface area contributed by atoms with Crippen LogP contribution in [0.1, 0.15) is 79.8 Å². The highest BCUT2D eigenvalue weighted by atomic mass is 16.5. The third-order valence-corrected chi connectivity index (χ3v) is 5.22. The summed E-state index contributed by atoms with van der Waals surface area (Å²) in [5.41, 5.74) is 2.50. The van der Waals surface area contributed by atoms with E-state index in [-0.39, 0.29) is 5.56 Å². The lowest BCUT2D eigenvalue weighted by molar-refractivity contribution is 0.0692. The Balaban J connectivity index is 1.71. The van der Waals surface area contributed by atoms with E-state index in [1.54, 1.807) is 6.07 Å². The third kappa shape index (κ3) is 9.69. The molecule has 2 aromatic rings. The summed E-state index contributed by atoms with van der Waals surface area (Å²) in [6.07, 6.45) is 18.1. The van der Waals surface area contributed by atoms with Crippen LogP contribution < -0.4 is 4.74 Å². The molecule has 0 heterocycles. The smallest absolute Gasteiger partial charge is 0.339 e. The standard InChI is InChI=1S/C28H36O3/c1-2-3-4-14-20-25-21-16-22-26(28(29)30)27(25)31-23-15-9-7-5-6-8-11-17-24-18-12-10-13-19-24/h6,8,10-13,16-19,21-22H,2-5,7,9,14-15,20,23H2,1H3,(H,29,30). The van der Waals surface area contributed by atoms with Gasteiger partial charge in [-0.2, -0.15) is 0 Å². The Morgan fingerprint density at radius 1 is 0.903 bits per heavy atom. The van der Waals surface area contributed by atoms with E-state index >= 15 is 0 Å². The van der Waals surface area contributed by atoms with Crippen molar-refractivity contribution >= 4 is 12.0 Å². The van der Waals surface area contributed by atoms with Gasteiger partial charge in [-0.05, 0) is 55.7 Å². The Hall–Kier alpha value is -2.81. The molecule has 31 heavy (non-hydrogen) atoms. The van der Waals surface area contributed by atoms with Gasteiger partial charge in [-0.1, -0.05) is 93.0 Å². The number of hydrogen-bond donors (Lipinski definition) is 1. The number of carbonyl (C=O) groups is 1. The molecule has 0 aliphatic carbocycles. The lowest BCUT2D eigenvalue weighted by Crippen LogP contribution is -2.07. The molecular weight excluding hydrogens is 384 g/mol. The monoisotopic (exact) mass is 420 g/mol. The second kappa shape index (κ2) is 15.1. The molecule has 2 rings (SSSR count). The maximum atomic E-state index is 11.6. The number of para-hydroxylation sites is 1. The van der Waals surface area contributed by atoms with Crippen LogP contribution in [0.3, 0.4) is 0 Å². The molecule has 0 amide bonds. The first kappa shape index (κ1) is 24.5. The van der Waals surface area contributed by atoms with Gasteiger partial charge < -0.3 is 9.84 Å². The van der Waals surface area contributed by atoms with Crippen molar-refractivity contribution in [2.24, 2.45) is 0 Å². The summed E-state index contributed by atoms with van der Waals surface area (Å²) in [6.45, 7) is 2.75. The van der Waals surface area contributed by atoms with Gasteiger partial charge in [-0.25, -0.2) is 4.79 Å². The van der Waals surface area contributed by atoms with Crippen molar-refractivity contribution in [1.29, 1.82) is 0 Å². The van der Waals surface area contributed by atoms with E-state index in [2.05, 4.69) is 43.4 Å². The molecule has 0 aliphatic heterocycles. The molecule has 2 aromatic carbocycles. The maximum Gasteiger partial charge on any atom is 0.339 e. The van der Waals surface area contributed by atoms with E-state index in [0.717, 1.165) is 44.1 Å². The second-order valence-corrected chi connectivity index (χ2v) is 7.81. The predicted octanol–water partition coefficient (Wildman–Crippen LogP) is 7.72. The topological polar surface area (TPSA) is 46.5 Å². The summed E-state index contributed by atoms with van der Waals surface area (Å²) < 4.78 is 5.97. The number of carboxylic acids is 1. The minimum Gasteiger partial charge on any atom is -0.492 e. The zero-order valence-corrected chi connectivity index (χ0v) is 18.8. The molecule has 0 atom stereocenters. The highest BCUT2D eigenvalue weighted by Gasteiger charge is 2.15. The highest BCUT2D eigenvalue weighted by molar-refractivity contribution is 5.91. The van der Waals surface area contributed by atoms with Crippen molar-refractivity contribution in [2.45, 2.75) is 64.7 Å². The van der Waals surface area contributed by atoms with Crippen molar-refractivity contribution in [3.8, 4) is 5.75 Å². The van der Waals surface area contributed by atoms with Crippen LogP contribution in [0.2, 0.25) is 0 Å². The van der Waals surface area contributed by atoms with Crippen molar-refractivity contribution in [3.05, 3.63) is 83.4 Å². The van der Waals surface area contributed by atoms with Crippen molar-refractivity contribution in [3.63, 3.8) is 0 Å². The molecule has 0 aliphatic rings. The fourth-order valence-corrected chi connectivity index (χ4v) is 3.48. The quantitative estimate of drug-likeness (QED) is 0.237. The summed E-state index contributed by atoms with van der Waals surface area (Å²) in [6, 6.07) is 15.7. The first-order valence-electron chi connectivity index (χ1n) is 11.6. The molecule has 0 radical (unpaired) electrons. The number of rotatable bonds is 15. The summed E-state index contributed by atoms with van der Waals surface area (Å²) in [5, 5.41) is 9.52. The van der Waals surface area contributed by atoms with Gasteiger partial charge >= 0.3 is 5.97 Å². The van der Waals surface area contributed by atoms with Crippen LogP contribution in [0.4, 0.5) is 0 Å². The molecule has 166 valence electrons. The molecule has 0 aromatic heterocycles. The van der Waals surface area contributed by atoms with E-state index in [9.17, 15) is 9.90 Å². The number of aromatic carboxylic acids is 1. The van der Waals surface area contributed by atoms with Crippen molar-refractivity contribution < 1.29 is 14.6 Å². The van der Waals surface area contributed by atoms with Gasteiger partial charge in [0.05, 0.1) is 6.61 Å². The van der Waals surface area contributed by atoms with Gasteiger partial charge in [0.1, 0.15) is 11.3 Å². The number of unbranched alkanes of at least 4 members (excludes halogenated alkanes) is 6. The van der Waals surface area contributed by atoms with Crippen LogP contribution in [-0.4, -0.2) is 17.7 Å². The number of ether oxygens (including phenoxy) is 1. The average Bonchev–Trinajstić information content (AvgIpc) is 2.79. The van der Waals surface area contributed by atoms with Gasteiger partial charge in [-0.15, -0.1) is 0 Å². The number of aryl methyl sites for hydroxylation is 1. The molecule has 0 saturated heterocycles. The van der Waals surface area contributed by atoms with Crippen molar-refractivity contribution in [1.82, 2.24) is 0 Å². The first-order valence-corrected chi connectivity index (χ1v) is 11.6. The number of benzene rings is 2. The molecule has 0 bridgehead atoms. The molecule has 0 spiro atoms. The van der Waals surface area contributed by atoms with Crippen LogP contribution in [0.5, 0.6) is 5.75 Å². The minimum absolute atomic E-state index is 0.279. The molecule has 0 unspecified atom stereocenters. The normalized spacial score (nSPS) is 11.4. The number of carboxylic acid groups (broad SMARTS) is 1. The SMILES string of the molecule is CCCCCCc1cccc(C(=O)O)c1OCCCCCC=CC=Cc1ccccc1. The number of hydrogen-bond acceptors (Lipinski definition) is 2. The van der Waals surface area contributed by atoms with Crippen molar-refractivity contribution in [2.75, 3.05) is 6.61 Å². The highest BCUT2D eigenvalue weighted by Crippen LogP contribution is 2.26. The lowest BCUT2D eigenvalue weighted by atomic mass is 10.0. The zero-order valence-electron chi connectivity index (χ0n) is 18.8. The molecule has 0 fully saturated rings. The van der Waals surface area contributed by atoms with E-state index in [4.69, 9.17) is 4.74 Å². The van der Waals surface area contributed by atoms with Gasteiger partial charge in [0, 0.05) is 0 Å². The Kier molecular flexibility index (Phi) is 11.9. The van der Waals surface area contributed by atoms with Gasteiger partial charge in [0.25, 0.3) is 0 Å². The van der Waals surface area contributed by atoms with E-state index in [0.29, 0.717) is 12.4 Å². The molecular formula is C28H36O3. The van der Waals surface area contributed by atoms with E-state index in [1.165, 1.54) is 24.8 Å². The molecule has 3 heteroatoms. The Morgan fingerprint density at radius 2 is 1.71 bits per heavy atom. The van der Waals surface area contributed by atoms with Crippen LogP contribution in [0.15, 0.2) is 66.8 Å².